The largest absolute Gasteiger partial charge is 0.464 e. The van der Waals surface area contributed by atoms with Gasteiger partial charge in [-0.1, -0.05) is 30.3 Å². The van der Waals surface area contributed by atoms with E-state index < -0.39 is 5.91 Å². The van der Waals surface area contributed by atoms with Gasteiger partial charge in [-0.05, 0) is 18.2 Å². The van der Waals surface area contributed by atoms with Crippen LogP contribution in [0.3, 0.4) is 0 Å². The zero-order chi connectivity index (χ0) is 19.2. The third kappa shape index (κ3) is 7.61. The van der Waals surface area contributed by atoms with Crippen LogP contribution >= 0.6 is 0 Å². The summed E-state index contributed by atoms with van der Waals surface area (Å²) in [6.45, 7) is 0. The lowest BCUT2D eigenvalue weighted by Gasteiger charge is -1.90. The van der Waals surface area contributed by atoms with Crippen LogP contribution in [0.25, 0.3) is 11.0 Å². The second kappa shape index (κ2) is 11.5. The molecule has 1 amide bonds. The minimum absolute atomic E-state index is 0.0101. The Morgan fingerprint density at radius 1 is 0.852 bits per heavy atom. The molecule has 0 aliphatic heterocycles. The van der Waals surface area contributed by atoms with Gasteiger partial charge in [0.15, 0.2) is 6.39 Å². The van der Waals surface area contributed by atoms with Crippen LogP contribution in [0.4, 0.5) is 0 Å². The van der Waals surface area contributed by atoms with E-state index in [0.717, 1.165) is 5.39 Å². The molecule has 0 saturated carbocycles. The lowest BCUT2D eigenvalue weighted by molar-refractivity contribution is 0.0995. The van der Waals surface area contributed by atoms with Crippen molar-refractivity contribution in [1.29, 1.82) is 0 Å². The topological polar surface area (TPSA) is 108 Å². The minimum atomic E-state index is -0.698. The predicted octanol–water partition coefficient (Wildman–Crippen LogP) is 3.81. The average Bonchev–Trinajstić information content (AvgIpc) is 2.66. The Morgan fingerprint density at radius 2 is 1.67 bits per heavy atom. The minimum Gasteiger partial charge on any atom is -0.464 e. The molecule has 0 atom stereocenters. The molecule has 2 aromatic heterocycles. The van der Waals surface area contributed by atoms with E-state index in [1.165, 1.54) is 37.4 Å². The first-order chi connectivity index (χ1) is 13.3. The summed E-state index contributed by atoms with van der Waals surface area (Å²) in [5.41, 5.74) is 5.88. The molecule has 2 rings (SSSR count). The lowest BCUT2D eigenvalue weighted by atomic mass is 10.3. The normalized spacial score (nSPS) is 9.04. The fourth-order valence-electron chi connectivity index (χ4n) is 1.75. The maximum Gasteiger partial charge on any atom is 0.267 e. The molecule has 2 heterocycles. The van der Waals surface area contributed by atoms with Crippen molar-refractivity contribution in [3.05, 3.63) is 104 Å². The molecule has 0 fully saturated rings. The fraction of sp³-hybridized carbons (Fsp3) is 0. The Kier molecular flexibility index (Phi) is 8.26. The monoisotopic (exact) mass is 362 g/mol. The van der Waals surface area contributed by atoms with Crippen LogP contribution in [0.1, 0.15) is 10.5 Å². The second-order valence-electron chi connectivity index (χ2n) is 4.86. The number of primary amides is 1. The Balaban J connectivity index is 2.63. The van der Waals surface area contributed by atoms with Gasteiger partial charge in [-0.3, -0.25) is 9.78 Å². The molecule has 0 saturated heterocycles. The van der Waals surface area contributed by atoms with Crippen LogP contribution in [0.15, 0.2) is 107 Å². The molecule has 136 valence electrons. The van der Waals surface area contributed by atoms with Gasteiger partial charge < -0.3 is 14.6 Å². The highest BCUT2D eigenvalue weighted by atomic mass is 16.3. The standard InChI is InChI=1S/C20H18N4O3/c21-20(25)18-9-14-27-19-8-10-22-15-17(19)7-5-3-1-2-4-6-13-26-16-23-11-12-24-18/h1-16H,(H2,21,25). The lowest BCUT2D eigenvalue weighted by Crippen LogP contribution is -2.11. The van der Waals surface area contributed by atoms with E-state index in [1.807, 2.05) is 30.3 Å². The van der Waals surface area contributed by atoms with E-state index in [-0.39, 0.29) is 5.69 Å². The highest BCUT2D eigenvalue weighted by molar-refractivity contribution is 5.90. The van der Waals surface area contributed by atoms with Gasteiger partial charge >= 0.3 is 0 Å². The quantitative estimate of drug-likeness (QED) is 0.826. The summed E-state index contributed by atoms with van der Waals surface area (Å²) >= 11 is 0. The number of nitrogens with zero attached hydrogens (tertiary/aromatic N) is 3. The summed E-state index contributed by atoms with van der Waals surface area (Å²) < 4.78 is 10.6. The second-order valence-corrected chi connectivity index (χ2v) is 4.86. The maximum atomic E-state index is 11.4. The summed E-state index contributed by atoms with van der Waals surface area (Å²) in [6.07, 6.45) is 9.97. The van der Waals surface area contributed by atoms with E-state index in [9.17, 15) is 4.79 Å². The van der Waals surface area contributed by atoms with Crippen LogP contribution in [-0.2, 0) is 0 Å². The van der Waals surface area contributed by atoms with Gasteiger partial charge in [0, 0.05) is 36.2 Å². The fourth-order valence-corrected chi connectivity index (χ4v) is 1.75. The summed E-state index contributed by atoms with van der Waals surface area (Å²) in [6, 6.07) is 15.9. The molecule has 0 unspecified atom stereocenters. The third-order valence-electron chi connectivity index (χ3n) is 2.96. The first-order valence-corrected chi connectivity index (χ1v) is 7.91. The number of nitrogens with two attached hydrogens (primary N) is 1. The van der Waals surface area contributed by atoms with Crippen molar-refractivity contribution in [2.45, 2.75) is 0 Å². The molecule has 0 radical (unpaired) electrons. The highest BCUT2D eigenvalue weighted by Gasteiger charge is 1.96. The summed E-state index contributed by atoms with van der Waals surface area (Å²) in [5.74, 6) is -0.698. The van der Waals surface area contributed by atoms with E-state index in [1.54, 1.807) is 30.6 Å². The van der Waals surface area contributed by atoms with Gasteiger partial charge in [-0.15, -0.1) is 0 Å². The van der Waals surface area contributed by atoms with Gasteiger partial charge in [-0.2, -0.15) is 0 Å². The number of carbonyl (C=O) groups is 1. The van der Waals surface area contributed by atoms with Crippen LogP contribution in [-0.4, -0.2) is 20.9 Å². The summed E-state index contributed by atoms with van der Waals surface area (Å²) in [7, 11) is 0. The molecule has 0 spiro atoms. The van der Waals surface area contributed by atoms with Gasteiger partial charge in [0.05, 0.1) is 12.5 Å². The van der Waals surface area contributed by atoms with Crippen LogP contribution in [0, 0.1) is 0 Å². The first-order valence-electron chi connectivity index (χ1n) is 7.91. The smallest absolute Gasteiger partial charge is 0.267 e. The molecule has 7 nitrogen and oxygen atoms in total. The Hall–Kier alpha value is -4.00. The van der Waals surface area contributed by atoms with E-state index in [0.29, 0.717) is 5.58 Å². The van der Waals surface area contributed by atoms with Crippen molar-refractivity contribution in [3.8, 4) is 0 Å². The Labute approximate surface area is 155 Å². The van der Waals surface area contributed by atoms with Crippen molar-refractivity contribution in [3.63, 3.8) is 0 Å². The SMILES string of the molecule is NC(=O)c1ccoc2ccncc2ccccccccocnccn1. The molecule has 2 N–H and O–H groups in total. The molecule has 7 heteroatoms. The number of rotatable bonds is 1. The van der Waals surface area contributed by atoms with Crippen LogP contribution in [0.5, 0.6) is 0 Å². The third-order valence-corrected chi connectivity index (χ3v) is 2.96. The van der Waals surface area contributed by atoms with Crippen molar-refractivity contribution in [1.82, 2.24) is 15.0 Å². The molecule has 2 aromatic rings. The molecule has 0 aliphatic rings. The number of amides is 1. The number of aromatic nitrogens is 3. The van der Waals surface area contributed by atoms with E-state index in [4.69, 9.17) is 14.6 Å². The van der Waals surface area contributed by atoms with Crippen molar-refractivity contribution < 1.29 is 13.6 Å². The average molecular weight is 362 g/mol. The van der Waals surface area contributed by atoms with Crippen molar-refractivity contribution >= 4 is 16.9 Å². The number of carbonyl (C=O) groups excluding carboxylic acids is 1. The predicted molar refractivity (Wildman–Crippen MR) is 101 cm³/mol. The van der Waals surface area contributed by atoms with E-state index in [2.05, 4.69) is 15.0 Å². The number of pyridine rings is 1. The molecular weight excluding hydrogens is 344 g/mol. The van der Waals surface area contributed by atoms with Gasteiger partial charge in [0.2, 0.25) is 0 Å². The van der Waals surface area contributed by atoms with Crippen LogP contribution in [0.2, 0.25) is 0 Å². The zero-order valence-electron chi connectivity index (χ0n) is 14.4. The summed E-state index contributed by atoms with van der Waals surface area (Å²) in [5, 5.41) is 0.769. The molecular formula is C20H18N4O3. The number of fused-ring (bicyclic) bond motifs is 1. The maximum absolute atomic E-state index is 11.4. The molecule has 27 heavy (non-hydrogen) atoms. The van der Waals surface area contributed by atoms with Gasteiger partial charge in [0.25, 0.3) is 5.91 Å². The molecule has 0 aromatic carbocycles. The van der Waals surface area contributed by atoms with Crippen molar-refractivity contribution in [2.24, 2.45) is 5.73 Å². The van der Waals surface area contributed by atoms with Crippen LogP contribution < -0.4 is 5.73 Å². The van der Waals surface area contributed by atoms with Gasteiger partial charge in [-0.25, -0.2) is 9.97 Å². The molecule has 0 aliphatic carbocycles. The zero-order valence-corrected chi connectivity index (χ0v) is 14.4. The van der Waals surface area contributed by atoms with Crippen molar-refractivity contribution in [2.75, 3.05) is 0 Å². The Bertz CT molecular complexity index is 996. The first kappa shape index (κ1) is 19.3. The van der Waals surface area contributed by atoms with Gasteiger partial charge in [0.1, 0.15) is 11.3 Å². The Morgan fingerprint density at radius 3 is 2.52 bits per heavy atom. The highest BCUT2D eigenvalue weighted by Crippen LogP contribution is 2.07. The van der Waals surface area contributed by atoms with E-state index >= 15 is 0 Å². The number of hydrogen-bond acceptors (Lipinski definition) is 6. The summed E-state index contributed by atoms with van der Waals surface area (Å²) in [4.78, 5) is 23.3. The number of hydrogen-bond donors (Lipinski definition) is 1. The molecule has 0 bridgehead atoms.